The minimum absolute atomic E-state index is 0.0391. The van der Waals surface area contributed by atoms with Crippen LogP contribution in [0.2, 0.25) is 0 Å². The molecular formula is C18H22N8O4S2. The van der Waals surface area contributed by atoms with E-state index in [9.17, 15) is 16.8 Å². The highest BCUT2D eigenvalue weighted by Crippen LogP contribution is 2.38. The number of nitrogens with one attached hydrogen (secondary N) is 5. The molecule has 0 radical (unpaired) electrons. The summed E-state index contributed by atoms with van der Waals surface area (Å²) in [5.41, 5.74) is 18.2. The van der Waals surface area contributed by atoms with Gasteiger partial charge in [0.1, 0.15) is 16.0 Å². The molecule has 0 aliphatic carbocycles. The van der Waals surface area contributed by atoms with E-state index in [4.69, 9.17) is 10.9 Å². The van der Waals surface area contributed by atoms with Crippen LogP contribution < -0.4 is 37.5 Å². The van der Waals surface area contributed by atoms with Crippen LogP contribution in [0.4, 0.5) is 0 Å². The van der Waals surface area contributed by atoms with Crippen molar-refractivity contribution in [3.05, 3.63) is 54.2 Å². The zero-order chi connectivity index (χ0) is 22.9. The maximum Gasteiger partial charge on any atom is 0.241 e. The summed E-state index contributed by atoms with van der Waals surface area (Å²) < 4.78 is 53.6. The normalized spacial score (nSPS) is 15.4. The highest BCUT2D eigenvalue weighted by Gasteiger charge is 2.34. The third-order valence-corrected chi connectivity index (χ3v) is 7.53. The van der Waals surface area contributed by atoms with Crippen LogP contribution in [0.5, 0.6) is 0 Å². The van der Waals surface area contributed by atoms with E-state index in [2.05, 4.69) is 31.6 Å². The van der Waals surface area contributed by atoms with E-state index < -0.39 is 36.0 Å². The Kier molecular flexibility index (Phi) is 6.22. The maximum atomic E-state index is 12.9. The number of nitrogens with two attached hydrogens (primary N) is 2. The van der Waals surface area contributed by atoms with Crippen molar-refractivity contribution in [2.45, 2.75) is 16.0 Å². The predicted molar refractivity (Wildman–Crippen MR) is 118 cm³/mol. The summed E-state index contributed by atoms with van der Waals surface area (Å²) in [5.74, 6) is 0. The van der Waals surface area contributed by atoms with E-state index in [0.717, 1.165) is 5.39 Å². The molecule has 0 unspecified atom stereocenters. The second kappa shape index (κ2) is 8.78. The van der Waals surface area contributed by atoms with Crippen molar-refractivity contribution < 1.29 is 16.8 Å². The minimum atomic E-state index is -4.50. The van der Waals surface area contributed by atoms with Gasteiger partial charge in [0.15, 0.2) is 0 Å². The topological polar surface area (TPSA) is 193 Å². The maximum absolute atomic E-state index is 12.9. The second-order valence-electron chi connectivity index (χ2n) is 6.93. The van der Waals surface area contributed by atoms with Gasteiger partial charge in [-0.05, 0) is 29.3 Å². The van der Waals surface area contributed by atoms with Crippen molar-refractivity contribution in [2.24, 2.45) is 10.9 Å². The molecule has 0 atom stereocenters. The predicted octanol–water partition coefficient (Wildman–Crippen LogP) is -1.10. The summed E-state index contributed by atoms with van der Waals surface area (Å²) in [4.78, 5) is 3.34. The van der Waals surface area contributed by atoms with Crippen molar-refractivity contribution in [3.8, 4) is 11.1 Å². The van der Waals surface area contributed by atoms with Crippen molar-refractivity contribution in [3.63, 3.8) is 0 Å². The van der Waals surface area contributed by atoms with Gasteiger partial charge in [-0.15, -0.1) is 0 Å². The average Bonchev–Trinajstić information content (AvgIpc) is 3.30. The Morgan fingerprint density at radius 2 is 1.72 bits per heavy atom. The zero-order valence-electron chi connectivity index (χ0n) is 16.7. The quantitative estimate of drug-likeness (QED) is 0.219. The molecule has 12 nitrogen and oxygen atoms in total. The first-order chi connectivity index (χ1) is 15.2. The highest BCUT2D eigenvalue weighted by atomic mass is 32.2. The number of pyridine rings is 1. The lowest BCUT2D eigenvalue weighted by Gasteiger charge is -2.22. The Bertz CT molecular complexity index is 1370. The molecule has 0 saturated carbocycles. The van der Waals surface area contributed by atoms with Gasteiger partial charge in [-0.1, -0.05) is 24.3 Å². The number of primary sulfonamides is 1. The SMILES string of the molecule is NCCNS(=O)(=O)c1ccc(-c2cccc3ncccc23)c(C2NNNN2)c1S(N)(=O)=O. The molecule has 4 rings (SSSR count). The molecule has 1 aliphatic rings. The van der Waals surface area contributed by atoms with Gasteiger partial charge in [-0.3, -0.25) is 4.98 Å². The van der Waals surface area contributed by atoms with Gasteiger partial charge in [-0.2, -0.15) is 11.1 Å². The van der Waals surface area contributed by atoms with Gasteiger partial charge < -0.3 is 5.73 Å². The summed E-state index contributed by atoms with van der Waals surface area (Å²) in [6, 6.07) is 11.8. The van der Waals surface area contributed by atoms with Crippen molar-refractivity contribution in [1.82, 2.24) is 31.6 Å². The van der Waals surface area contributed by atoms with Gasteiger partial charge in [0.25, 0.3) is 0 Å². The number of hydrogen-bond donors (Lipinski definition) is 7. The van der Waals surface area contributed by atoms with Crippen LogP contribution in [0.3, 0.4) is 0 Å². The molecule has 170 valence electrons. The molecule has 1 saturated heterocycles. The third kappa shape index (κ3) is 4.23. The Hall–Kier alpha value is -2.53. The largest absolute Gasteiger partial charge is 0.329 e. The summed E-state index contributed by atoms with van der Waals surface area (Å²) in [5, 5.41) is 6.31. The average molecular weight is 479 g/mol. The molecule has 32 heavy (non-hydrogen) atoms. The monoisotopic (exact) mass is 478 g/mol. The highest BCUT2D eigenvalue weighted by molar-refractivity contribution is 7.92. The van der Waals surface area contributed by atoms with Gasteiger partial charge >= 0.3 is 0 Å². The molecule has 1 fully saturated rings. The van der Waals surface area contributed by atoms with Crippen molar-refractivity contribution in [2.75, 3.05) is 13.1 Å². The lowest BCUT2D eigenvalue weighted by Crippen LogP contribution is -2.33. The van der Waals surface area contributed by atoms with E-state index in [1.54, 1.807) is 30.5 Å². The Morgan fingerprint density at radius 1 is 0.969 bits per heavy atom. The summed E-state index contributed by atoms with van der Waals surface area (Å²) >= 11 is 0. The lowest BCUT2D eigenvalue weighted by molar-refractivity contribution is 0.533. The first-order valence-electron chi connectivity index (χ1n) is 9.48. The Balaban J connectivity index is 2.08. The van der Waals surface area contributed by atoms with Crippen LogP contribution in [-0.2, 0) is 20.0 Å². The lowest BCUT2D eigenvalue weighted by atomic mass is 9.94. The third-order valence-electron chi connectivity index (χ3n) is 4.89. The van der Waals surface area contributed by atoms with Crippen LogP contribution in [0, 0.1) is 0 Å². The number of benzene rings is 2. The Labute approximate surface area is 184 Å². The van der Waals surface area contributed by atoms with Gasteiger partial charge in [0, 0.05) is 30.2 Å². The molecule has 9 N–H and O–H groups in total. The summed E-state index contributed by atoms with van der Waals surface area (Å²) in [6.07, 6.45) is 0.810. The molecule has 14 heteroatoms. The van der Waals surface area contributed by atoms with Crippen molar-refractivity contribution >= 4 is 30.9 Å². The number of hydrogen-bond acceptors (Lipinski definition) is 10. The smallest absolute Gasteiger partial charge is 0.241 e. The summed E-state index contributed by atoms with van der Waals surface area (Å²) in [7, 11) is -8.72. The fraction of sp³-hybridized carbons (Fsp3) is 0.167. The number of fused-ring (bicyclic) bond motifs is 1. The molecule has 1 aliphatic heterocycles. The first-order valence-corrected chi connectivity index (χ1v) is 12.5. The van der Waals surface area contributed by atoms with Gasteiger partial charge in [-0.25, -0.2) is 37.5 Å². The Morgan fingerprint density at radius 3 is 2.41 bits per heavy atom. The van der Waals surface area contributed by atoms with Crippen LogP contribution in [0.1, 0.15) is 11.7 Å². The zero-order valence-corrected chi connectivity index (χ0v) is 18.3. The van der Waals surface area contributed by atoms with E-state index in [1.165, 1.54) is 6.07 Å². The second-order valence-corrected chi connectivity index (χ2v) is 10.2. The van der Waals surface area contributed by atoms with Crippen molar-refractivity contribution in [1.29, 1.82) is 0 Å². The fourth-order valence-corrected chi connectivity index (χ4v) is 6.32. The summed E-state index contributed by atoms with van der Waals surface area (Å²) in [6.45, 7) is -0.0288. The van der Waals surface area contributed by atoms with Gasteiger partial charge in [0.05, 0.1) is 5.52 Å². The number of nitrogens with zero attached hydrogens (tertiary/aromatic N) is 1. The van der Waals surface area contributed by atoms with E-state index in [1.807, 2.05) is 12.1 Å². The first kappa shape index (κ1) is 22.7. The van der Waals surface area contributed by atoms with Crippen LogP contribution >= 0.6 is 0 Å². The fourth-order valence-electron chi connectivity index (χ4n) is 3.61. The van der Waals surface area contributed by atoms with Gasteiger partial charge in [0.2, 0.25) is 20.0 Å². The molecule has 2 aromatic carbocycles. The van der Waals surface area contributed by atoms with E-state index in [0.29, 0.717) is 16.6 Å². The molecule has 2 heterocycles. The van der Waals surface area contributed by atoms with Crippen LogP contribution in [0.15, 0.2) is 58.5 Å². The van der Waals surface area contributed by atoms with Crippen LogP contribution in [0.25, 0.3) is 22.0 Å². The standard InChI is InChI=1S/C18H22N8O4S2/c19-8-10-22-32(29,30)15-7-6-13(11-3-1-5-14-12(11)4-2-9-21-14)16(17(15)31(20,27)28)18-23-25-26-24-18/h1-7,9,18,22-26H,8,10,19H2,(H2,20,27,28). The molecule has 0 amide bonds. The van der Waals surface area contributed by atoms with E-state index in [-0.39, 0.29) is 18.7 Å². The minimum Gasteiger partial charge on any atom is -0.329 e. The molecule has 0 spiro atoms. The number of hydrazine groups is 3. The molecule has 0 bridgehead atoms. The van der Waals surface area contributed by atoms with E-state index >= 15 is 0 Å². The molecular weight excluding hydrogens is 456 g/mol. The molecule has 3 aromatic rings. The molecule has 1 aromatic heterocycles. The number of aromatic nitrogens is 1. The number of sulfonamides is 2. The van der Waals surface area contributed by atoms with Crippen LogP contribution in [-0.4, -0.2) is 34.9 Å². The number of rotatable bonds is 7.